The monoisotopic (exact) mass is 356 g/mol. The first-order valence-electron chi connectivity index (χ1n) is 7.55. The molecule has 7 nitrogen and oxygen atoms in total. The lowest BCUT2D eigenvalue weighted by atomic mass is 10.0. The molecule has 2 amide bonds. The molecule has 0 fully saturated rings. The van der Waals surface area contributed by atoms with E-state index in [1.54, 1.807) is 17.4 Å². The summed E-state index contributed by atoms with van der Waals surface area (Å²) < 4.78 is 5.75. The van der Waals surface area contributed by atoms with Crippen LogP contribution in [0.5, 0.6) is 0 Å². The Labute approximate surface area is 148 Å². The van der Waals surface area contributed by atoms with E-state index in [1.165, 1.54) is 0 Å². The largest absolute Gasteiger partial charge is 0.434 e. The summed E-state index contributed by atoms with van der Waals surface area (Å²) in [4.78, 5) is 24.1. The number of nitrogens with one attached hydrogen (secondary N) is 2. The van der Waals surface area contributed by atoms with Crippen molar-refractivity contribution in [2.24, 2.45) is 0 Å². The van der Waals surface area contributed by atoms with Crippen molar-refractivity contribution in [2.75, 3.05) is 13.2 Å². The number of ether oxygens (including phenoxy) is 1. The molecule has 0 bridgehead atoms. The Morgan fingerprint density at radius 2 is 2.04 bits per heavy atom. The second-order valence-electron chi connectivity index (χ2n) is 5.09. The molecule has 1 atom stereocenters. The van der Waals surface area contributed by atoms with Gasteiger partial charge in [-0.3, -0.25) is 4.79 Å². The lowest BCUT2D eigenvalue weighted by molar-refractivity contribution is -0.123. The topological polar surface area (TPSA) is 115 Å². The van der Waals surface area contributed by atoms with E-state index in [0.29, 0.717) is 0 Å². The van der Waals surface area contributed by atoms with E-state index in [1.807, 2.05) is 35.7 Å². The number of hydrogen-bond acceptors (Lipinski definition) is 6. The molecule has 8 heteroatoms. The van der Waals surface area contributed by atoms with E-state index in [2.05, 4.69) is 15.4 Å². The first-order valence-corrected chi connectivity index (χ1v) is 8.43. The molecule has 1 unspecified atom stereocenters. The molecule has 0 spiro atoms. The lowest BCUT2D eigenvalue weighted by Crippen LogP contribution is -2.48. The third-order valence-corrected chi connectivity index (χ3v) is 4.41. The highest BCUT2D eigenvalue weighted by molar-refractivity contribution is 7.17. The maximum atomic E-state index is 12.3. The van der Waals surface area contributed by atoms with Crippen molar-refractivity contribution in [3.8, 4) is 12.1 Å². The number of fused-ring (bicyclic) bond motifs is 1. The Morgan fingerprint density at radius 1 is 1.24 bits per heavy atom. The minimum absolute atomic E-state index is 0.179. The van der Waals surface area contributed by atoms with Gasteiger partial charge in [0.05, 0.1) is 12.5 Å². The SMILES string of the molecule is N#CCCNC(=O)C(Cc1csc2ccccc12)NC(=O)OCC#N. The van der Waals surface area contributed by atoms with Gasteiger partial charge in [0.1, 0.15) is 12.1 Å². The van der Waals surface area contributed by atoms with Gasteiger partial charge in [-0.25, -0.2) is 4.79 Å². The molecule has 0 aliphatic carbocycles. The van der Waals surface area contributed by atoms with E-state index in [-0.39, 0.29) is 19.4 Å². The molecule has 0 saturated carbocycles. The molecule has 1 aromatic heterocycles. The number of benzene rings is 1. The van der Waals surface area contributed by atoms with Crippen molar-refractivity contribution in [2.45, 2.75) is 18.9 Å². The van der Waals surface area contributed by atoms with Crippen LogP contribution in [0.4, 0.5) is 4.79 Å². The maximum Gasteiger partial charge on any atom is 0.408 e. The molecule has 2 rings (SSSR count). The molecule has 25 heavy (non-hydrogen) atoms. The standard InChI is InChI=1S/C17H16N4O3S/c18-6-3-8-20-16(22)14(21-17(23)24-9-7-19)10-12-11-25-15-5-2-1-4-13(12)15/h1-2,4-5,11,14H,3,8-10H2,(H,20,22)(H,21,23). The van der Waals surface area contributed by atoms with Crippen LogP contribution in [-0.2, 0) is 16.0 Å². The van der Waals surface area contributed by atoms with Gasteiger partial charge < -0.3 is 15.4 Å². The quantitative estimate of drug-likeness (QED) is 0.737. The Kier molecular flexibility index (Phi) is 6.76. The molecular formula is C17H16N4O3S. The number of rotatable bonds is 7. The summed E-state index contributed by atoms with van der Waals surface area (Å²) in [5.74, 6) is -0.403. The van der Waals surface area contributed by atoms with Gasteiger partial charge in [-0.1, -0.05) is 18.2 Å². The van der Waals surface area contributed by atoms with E-state index < -0.39 is 24.6 Å². The van der Waals surface area contributed by atoms with Gasteiger partial charge in [0, 0.05) is 17.7 Å². The van der Waals surface area contributed by atoms with Crippen molar-refractivity contribution in [1.82, 2.24) is 10.6 Å². The van der Waals surface area contributed by atoms with E-state index in [0.717, 1.165) is 15.6 Å². The van der Waals surface area contributed by atoms with Crippen LogP contribution in [0, 0.1) is 22.7 Å². The molecule has 128 valence electrons. The predicted molar refractivity (Wildman–Crippen MR) is 92.7 cm³/mol. The van der Waals surface area contributed by atoms with Crippen LogP contribution in [0.2, 0.25) is 0 Å². The normalized spacial score (nSPS) is 11.1. The first kappa shape index (κ1) is 18.2. The Hall–Kier alpha value is -3.10. The third kappa shape index (κ3) is 5.20. The Bertz CT molecular complexity index is 834. The summed E-state index contributed by atoms with van der Waals surface area (Å²) >= 11 is 1.56. The highest BCUT2D eigenvalue weighted by atomic mass is 32.1. The van der Waals surface area contributed by atoms with Crippen molar-refractivity contribution >= 4 is 33.4 Å². The van der Waals surface area contributed by atoms with Crippen LogP contribution in [0.25, 0.3) is 10.1 Å². The fraction of sp³-hybridized carbons (Fsp3) is 0.294. The summed E-state index contributed by atoms with van der Waals surface area (Å²) in [7, 11) is 0. The lowest BCUT2D eigenvalue weighted by Gasteiger charge is -2.17. The van der Waals surface area contributed by atoms with E-state index in [4.69, 9.17) is 10.5 Å². The summed E-state index contributed by atoms with van der Waals surface area (Å²) in [6.45, 7) is -0.193. The molecule has 1 heterocycles. The van der Waals surface area contributed by atoms with E-state index >= 15 is 0 Å². The van der Waals surface area contributed by atoms with Gasteiger partial charge in [-0.05, 0) is 22.4 Å². The van der Waals surface area contributed by atoms with Crippen LogP contribution in [0.15, 0.2) is 29.6 Å². The summed E-state index contributed by atoms with van der Waals surface area (Å²) in [6, 6.07) is 10.6. The van der Waals surface area contributed by atoms with Crippen molar-refractivity contribution < 1.29 is 14.3 Å². The van der Waals surface area contributed by atoms with Gasteiger partial charge in [0.2, 0.25) is 5.91 Å². The molecule has 0 saturated heterocycles. The smallest absolute Gasteiger partial charge is 0.408 e. The van der Waals surface area contributed by atoms with Crippen molar-refractivity contribution in [3.63, 3.8) is 0 Å². The average molecular weight is 356 g/mol. The second kappa shape index (κ2) is 9.26. The van der Waals surface area contributed by atoms with Crippen LogP contribution < -0.4 is 10.6 Å². The van der Waals surface area contributed by atoms with Crippen LogP contribution in [-0.4, -0.2) is 31.2 Å². The number of carbonyl (C=O) groups excluding carboxylic acids is 2. The molecule has 0 radical (unpaired) electrons. The van der Waals surface area contributed by atoms with Gasteiger partial charge >= 0.3 is 6.09 Å². The summed E-state index contributed by atoms with van der Waals surface area (Å²) in [6.07, 6.45) is -0.371. The van der Waals surface area contributed by atoms with Gasteiger partial charge in [0.15, 0.2) is 6.61 Å². The average Bonchev–Trinajstić information content (AvgIpc) is 3.02. The van der Waals surface area contributed by atoms with E-state index in [9.17, 15) is 9.59 Å². The summed E-state index contributed by atoms with van der Waals surface area (Å²) in [5, 5.41) is 25.1. The van der Waals surface area contributed by atoms with Crippen LogP contribution in [0.3, 0.4) is 0 Å². The number of thiophene rings is 1. The van der Waals surface area contributed by atoms with Gasteiger partial charge in [-0.15, -0.1) is 11.3 Å². The zero-order chi connectivity index (χ0) is 18.1. The molecule has 0 aliphatic rings. The van der Waals surface area contributed by atoms with Crippen molar-refractivity contribution in [3.05, 3.63) is 35.2 Å². The minimum atomic E-state index is -0.858. The van der Waals surface area contributed by atoms with Crippen LogP contribution in [0.1, 0.15) is 12.0 Å². The molecule has 0 aliphatic heterocycles. The second-order valence-corrected chi connectivity index (χ2v) is 6.00. The van der Waals surface area contributed by atoms with Gasteiger partial charge in [-0.2, -0.15) is 10.5 Å². The number of nitriles is 2. The number of amides is 2. The Morgan fingerprint density at radius 3 is 2.80 bits per heavy atom. The maximum absolute atomic E-state index is 12.3. The molecule has 2 aromatic rings. The highest BCUT2D eigenvalue weighted by Gasteiger charge is 2.23. The van der Waals surface area contributed by atoms with Crippen molar-refractivity contribution in [1.29, 1.82) is 10.5 Å². The first-order chi connectivity index (χ1) is 12.2. The van der Waals surface area contributed by atoms with Crippen LogP contribution >= 0.6 is 11.3 Å². The number of carbonyl (C=O) groups is 2. The molecular weight excluding hydrogens is 340 g/mol. The third-order valence-electron chi connectivity index (χ3n) is 3.40. The molecule has 1 aromatic carbocycles. The fourth-order valence-corrected chi connectivity index (χ4v) is 3.24. The highest BCUT2D eigenvalue weighted by Crippen LogP contribution is 2.26. The number of hydrogen-bond donors (Lipinski definition) is 2. The Balaban J connectivity index is 2.12. The zero-order valence-corrected chi connectivity index (χ0v) is 14.1. The summed E-state index contributed by atoms with van der Waals surface area (Å²) in [5.41, 5.74) is 0.932. The number of alkyl carbamates (subject to hydrolysis) is 1. The minimum Gasteiger partial charge on any atom is -0.434 e. The fourth-order valence-electron chi connectivity index (χ4n) is 2.27. The predicted octanol–water partition coefficient (Wildman–Crippen LogP) is 2.09. The zero-order valence-electron chi connectivity index (χ0n) is 13.3. The number of nitrogens with zero attached hydrogens (tertiary/aromatic N) is 2. The molecule has 2 N–H and O–H groups in total. The van der Waals surface area contributed by atoms with Gasteiger partial charge in [0.25, 0.3) is 0 Å².